The van der Waals surface area contributed by atoms with Gasteiger partial charge in [0.05, 0.1) is 15.9 Å². The molecule has 1 N–H and O–H groups in total. The van der Waals surface area contributed by atoms with Crippen LogP contribution in [0.1, 0.15) is 6.92 Å². The molecule has 0 aromatic heterocycles. The molecule has 1 fully saturated rings. The number of carbonyl (C=O) groups is 1. The Balaban J connectivity index is 2.37. The smallest absolute Gasteiger partial charge is 0.324 e. The van der Waals surface area contributed by atoms with E-state index in [-0.39, 0.29) is 17.3 Å². The highest BCUT2D eigenvalue weighted by Crippen LogP contribution is 2.27. The van der Waals surface area contributed by atoms with E-state index in [4.69, 9.17) is 9.84 Å². The molecule has 21 heavy (non-hydrogen) atoms. The van der Waals surface area contributed by atoms with Crippen LogP contribution in [-0.2, 0) is 19.6 Å². The number of carboxylic acid groups (broad SMARTS) is 1. The third-order valence-electron chi connectivity index (χ3n) is 3.13. The van der Waals surface area contributed by atoms with Crippen LogP contribution >= 0.6 is 0 Å². The number of rotatable bonds is 4. The van der Waals surface area contributed by atoms with E-state index in [0.29, 0.717) is 0 Å². The van der Waals surface area contributed by atoms with Crippen LogP contribution in [0.15, 0.2) is 29.2 Å². The predicted molar refractivity (Wildman–Crippen MR) is 69.0 cm³/mol. The molecule has 9 nitrogen and oxygen atoms in total. The quantitative estimate of drug-likeness (QED) is 0.629. The average molecular weight is 316 g/mol. The lowest BCUT2D eigenvalue weighted by molar-refractivity contribution is -0.384. The summed E-state index contributed by atoms with van der Waals surface area (Å²) in [5, 5.41) is 19.7. The zero-order valence-electron chi connectivity index (χ0n) is 10.9. The third-order valence-corrected chi connectivity index (χ3v) is 4.94. The lowest BCUT2D eigenvalue weighted by atomic mass is 10.2. The molecular formula is C11H12N2O7S. The van der Waals surface area contributed by atoms with Crippen LogP contribution in [0.5, 0.6) is 0 Å². The highest BCUT2D eigenvalue weighted by molar-refractivity contribution is 7.89. The summed E-state index contributed by atoms with van der Waals surface area (Å²) in [6.07, 6.45) is -0.782. The minimum absolute atomic E-state index is 0.225. The number of hydrogen-bond donors (Lipinski definition) is 1. The molecule has 114 valence electrons. The first-order valence-corrected chi connectivity index (χ1v) is 7.30. The van der Waals surface area contributed by atoms with E-state index < -0.39 is 33.1 Å². The van der Waals surface area contributed by atoms with E-state index in [9.17, 15) is 23.3 Å². The van der Waals surface area contributed by atoms with E-state index in [2.05, 4.69) is 0 Å². The summed E-state index contributed by atoms with van der Waals surface area (Å²) in [4.78, 5) is 20.8. The van der Waals surface area contributed by atoms with Crippen LogP contribution in [0, 0.1) is 10.1 Å². The van der Waals surface area contributed by atoms with Gasteiger partial charge in [-0.15, -0.1) is 0 Å². The standard InChI is InChI=1S/C11H12N2O7S/c1-7-10(11(14)15)12(6-20-7)21(18,19)9-4-2-8(3-5-9)13(16)17/h2-5,7,10H,6H2,1H3,(H,14,15)/t7-,10+/m1/s1. The van der Waals surface area contributed by atoms with E-state index in [1.165, 1.54) is 6.92 Å². The normalized spacial score (nSPS) is 23.1. The van der Waals surface area contributed by atoms with E-state index in [0.717, 1.165) is 28.6 Å². The van der Waals surface area contributed by atoms with E-state index >= 15 is 0 Å². The maximum atomic E-state index is 12.4. The first kappa shape index (κ1) is 15.4. The molecule has 1 saturated heterocycles. The molecule has 1 aromatic carbocycles. The van der Waals surface area contributed by atoms with Gasteiger partial charge in [-0.25, -0.2) is 8.42 Å². The average Bonchev–Trinajstić information content (AvgIpc) is 2.81. The van der Waals surface area contributed by atoms with Crippen molar-refractivity contribution in [2.24, 2.45) is 0 Å². The van der Waals surface area contributed by atoms with Gasteiger partial charge in [-0.05, 0) is 19.1 Å². The van der Waals surface area contributed by atoms with E-state index in [1.807, 2.05) is 0 Å². The van der Waals surface area contributed by atoms with Gasteiger partial charge in [0.1, 0.15) is 6.73 Å². The number of aliphatic carboxylic acids is 1. The Morgan fingerprint density at radius 2 is 2.00 bits per heavy atom. The summed E-state index contributed by atoms with van der Waals surface area (Å²) in [5.41, 5.74) is -0.255. The number of benzene rings is 1. The zero-order chi connectivity index (χ0) is 15.8. The molecule has 2 atom stereocenters. The molecular weight excluding hydrogens is 304 g/mol. The molecule has 0 radical (unpaired) electrons. The number of sulfonamides is 1. The minimum atomic E-state index is -4.10. The molecule has 1 aromatic rings. The minimum Gasteiger partial charge on any atom is -0.480 e. The number of nitrogens with zero attached hydrogens (tertiary/aromatic N) is 2. The Morgan fingerprint density at radius 3 is 2.48 bits per heavy atom. The molecule has 1 aliphatic heterocycles. The van der Waals surface area contributed by atoms with Crippen molar-refractivity contribution in [2.45, 2.75) is 24.0 Å². The predicted octanol–water partition coefficient (Wildman–Crippen LogP) is 0.415. The summed E-state index contributed by atoms with van der Waals surface area (Å²) in [5.74, 6) is -1.31. The van der Waals surface area contributed by atoms with Crippen molar-refractivity contribution in [3.8, 4) is 0 Å². The Morgan fingerprint density at radius 1 is 1.43 bits per heavy atom. The lowest BCUT2D eigenvalue weighted by Crippen LogP contribution is -2.44. The fourth-order valence-electron chi connectivity index (χ4n) is 2.01. The molecule has 1 aliphatic rings. The fourth-order valence-corrected chi connectivity index (χ4v) is 3.53. The van der Waals surface area contributed by atoms with Crippen LogP contribution in [0.25, 0.3) is 0 Å². The van der Waals surface area contributed by atoms with Crippen LogP contribution in [-0.4, -0.2) is 47.6 Å². The van der Waals surface area contributed by atoms with Gasteiger partial charge in [-0.1, -0.05) is 0 Å². The van der Waals surface area contributed by atoms with Gasteiger partial charge in [-0.2, -0.15) is 4.31 Å². The molecule has 0 saturated carbocycles. The summed E-state index contributed by atoms with van der Waals surface area (Å²) >= 11 is 0. The van der Waals surface area contributed by atoms with Crippen molar-refractivity contribution >= 4 is 21.7 Å². The van der Waals surface area contributed by atoms with Crippen molar-refractivity contribution in [1.29, 1.82) is 0 Å². The second-order valence-electron chi connectivity index (χ2n) is 4.43. The Kier molecular flexibility index (Phi) is 3.94. The van der Waals surface area contributed by atoms with Crippen molar-refractivity contribution in [3.63, 3.8) is 0 Å². The highest BCUT2D eigenvalue weighted by atomic mass is 32.2. The van der Waals surface area contributed by atoms with Crippen molar-refractivity contribution in [1.82, 2.24) is 4.31 Å². The maximum absolute atomic E-state index is 12.4. The second-order valence-corrected chi connectivity index (χ2v) is 6.32. The highest BCUT2D eigenvalue weighted by Gasteiger charge is 2.45. The number of carboxylic acids is 1. The summed E-state index contributed by atoms with van der Waals surface area (Å²) < 4.78 is 30.6. The van der Waals surface area contributed by atoms with Crippen LogP contribution in [0.3, 0.4) is 0 Å². The van der Waals surface area contributed by atoms with E-state index in [1.54, 1.807) is 0 Å². The molecule has 10 heteroatoms. The molecule has 1 heterocycles. The first-order chi connectivity index (χ1) is 9.75. The molecule has 0 amide bonds. The first-order valence-electron chi connectivity index (χ1n) is 5.86. The van der Waals surface area contributed by atoms with Gasteiger partial charge in [0, 0.05) is 12.1 Å². The topological polar surface area (TPSA) is 127 Å². The summed E-state index contributed by atoms with van der Waals surface area (Å²) in [6, 6.07) is 2.89. The Bertz CT molecular complexity index is 670. The van der Waals surface area contributed by atoms with Gasteiger partial charge in [0.2, 0.25) is 10.0 Å². The Hall–Kier alpha value is -2.04. The van der Waals surface area contributed by atoms with Gasteiger partial charge in [0.15, 0.2) is 6.04 Å². The fraction of sp³-hybridized carbons (Fsp3) is 0.364. The number of hydrogen-bond acceptors (Lipinski definition) is 6. The number of ether oxygens (including phenoxy) is 1. The molecule has 0 spiro atoms. The molecule has 0 unspecified atom stereocenters. The van der Waals surface area contributed by atoms with Crippen molar-refractivity contribution < 1.29 is 28.0 Å². The zero-order valence-corrected chi connectivity index (χ0v) is 11.7. The Labute approximate surface area is 119 Å². The van der Waals surface area contributed by atoms with Crippen LogP contribution < -0.4 is 0 Å². The monoisotopic (exact) mass is 316 g/mol. The largest absolute Gasteiger partial charge is 0.480 e. The van der Waals surface area contributed by atoms with Crippen molar-refractivity contribution in [3.05, 3.63) is 34.4 Å². The maximum Gasteiger partial charge on any atom is 0.324 e. The van der Waals surface area contributed by atoms with Gasteiger partial charge >= 0.3 is 5.97 Å². The van der Waals surface area contributed by atoms with Gasteiger partial charge in [-0.3, -0.25) is 14.9 Å². The molecule has 0 aliphatic carbocycles. The number of nitro benzene ring substituents is 1. The molecule has 0 bridgehead atoms. The SMILES string of the molecule is C[C@H]1OCN(S(=O)(=O)c2ccc([N+](=O)[O-])cc2)[C@@H]1C(=O)O. The summed E-state index contributed by atoms with van der Waals surface area (Å²) in [6.45, 7) is 1.08. The lowest BCUT2D eigenvalue weighted by Gasteiger charge is -2.20. The van der Waals surface area contributed by atoms with Gasteiger partial charge < -0.3 is 9.84 Å². The third kappa shape index (κ3) is 2.73. The number of non-ortho nitro benzene ring substituents is 1. The van der Waals surface area contributed by atoms with Crippen molar-refractivity contribution in [2.75, 3.05) is 6.73 Å². The van der Waals surface area contributed by atoms with Crippen LogP contribution in [0.2, 0.25) is 0 Å². The number of nitro groups is 1. The molecule has 2 rings (SSSR count). The summed E-state index contributed by atoms with van der Waals surface area (Å²) in [7, 11) is -4.10. The second kappa shape index (κ2) is 5.39. The van der Waals surface area contributed by atoms with Crippen LogP contribution in [0.4, 0.5) is 5.69 Å². The van der Waals surface area contributed by atoms with Gasteiger partial charge in [0.25, 0.3) is 5.69 Å².